The van der Waals surface area contributed by atoms with Gasteiger partial charge in [-0.05, 0) is 137 Å². The summed E-state index contributed by atoms with van der Waals surface area (Å²) in [6.07, 6.45) is 0. The first-order chi connectivity index (χ1) is 30.0. The highest BCUT2D eigenvalue weighted by Crippen LogP contribution is 2.54. The van der Waals surface area contributed by atoms with E-state index >= 15 is 0 Å². The zero-order valence-electron chi connectivity index (χ0n) is 34.0. The quantitative estimate of drug-likeness (QED) is 0.155. The Kier molecular flexibility index (Phi) is 7.10. The molecule has 12 aromatic rings. The molecule has 2 heteroatoms. The van der Waals surface area contributed by atoms with E-state index in [4.69, 9.17) is 0 Å². The van der Waals surface area contributed by atoms with Crippen LogP contribution in [0.5, 0.6) is 0 Å². The van der Waals surface area contributed by atoms with Gasteiger partial charge in [0.15, 0.2) is 0 Å². The van der Waals surface area contributed by atoms with Crippen molar-refractivity contribution >= 4 is 98.8 Å². The normalized spacial score (nSPS) is 13.2. The first-order valence-corrected chi connectivity index (χ1v) is 21.3. The lowest BCUT2D eigenvalue weighted by Crippen LogP contribution is -2.18. The van der Waals surface area contributed by atoms with Crippen molar-refractivity contribution in [2.24, 2.45) is 0 Å². The molecule has 0 amide bonds. The summed E-state index contributed by atoms with van der Waals surface area (Å²) in [5, 5.41) is 15.5. The van der Waals surface area contributed by atoms with E-state index < -0.39 is 0 Å². The van der Waals surface area contributed by atoms with E-state index in [-0.39, 0.29) is 5.41 Å². The van der Waals surface area contributed by atoms with E-state index in [0.29, 0.717) is 0 Å². The second kappa shape index (κ2) is 12.7. The summed E-state index contributed by atoms with van der Waals surface area (Å²) in [4.78, 5) is 4.92. The second-order valence-corrected chi connectivity index (χ2v) is 17.3. The van der Waals surface area contributed by atoms with Gasteiger partial charge in [0.1, 0.15) is 0 Å². The number of hydrogen-bond acceptors (Lipinski definition) is 2. The lowest BCUT2D eigenvalue weighted by atomic mass is 9.82. The van der Waals surface area contributed by atoms with E-state index in [9.17, 15) is 0 Å². The molecule has 13 rings (SSSR count). The molecule has 0 spiro atoms. The zero-order valence-corrected chi connectivity index (χ0v) is 34.0. The van der Waals surface area contributed by atoms with Crippen LogP contribution in [0.4, 0.5) is 34.1 Å². The summed E-state index contributed by atoms with van der Waals surface area (Å²) in [5.74, 6) is 0. The van der Waals surface area contributed by atoms with E-state index in [2.05, 4.69) is 230 Å². The van der Waals surface area contributed by atoms with Gasteiger partial charge in [0.05, 0.1) is 11.4 Å². The van der Waals surface area contributed by atoms with Gasteiger partial charge in [-0.25, -0.2) is 0 Å². The Labute approximate surface area is 354 Å². The van der Waals surface area contributed by atoms with Gasteiger partial charge in [-0.2, -0.15) is 0 Å². The largest absolute Gasteiger partial charge is 0.310 e. The van der Waals surface area contributed by atoms with Crippen LogP contribution in [0.1, 0.15) is 25.0 Å². The Morgan fingerprint density at radius 2 is 0.656 bits per heavy atom. The number of anilines is 6. The molecule has 286 valence electrons. The third-order valence-corrected chi connectivity index (χ3v) is 13.7. The lowest BCUT2D eigenvalue weighted by molar-refractivity contribution is 0.660. The van der Waals surface area contributed by atoms with E-state index in [1.165, 1.54) is 98.3 Å². The number of hydrogen-bond donors (Lipinski definition) is 0. The van der Waals surface area contributed by atoms with Gasteiger partial charge in [-0.3, -0.25) is 0 Å². The maximum Gasteiger partial charge on any atom is 0.0540 e. The maximum absolute atomic E-state index is 2.46. The van der Waals surface area contributed by atoms with E-state index in [1.807, 2.05) is 0 Å². The molecule has 2 nitrogen and oxygen atoms in total. The van der Waals surface area contributed by atoms with Gasteiger partial charge in [0.25, 0.3) is 0 Å². The van der Waals surface area contributed by atoms with Gasteiger partial charge in [0, 0.05) is 38.9 Å². The molecule has 0 radical (unpaired) electrons. The SMILES string of the molecule is CC1(C)c2cc(N(c3ccccc3)c3ccc4ccc5cccc6ccc3c4c56)ccc2-c2ccc(N(c3ccccc3)c3ccc4ccc5cccc6ccc3c4c56)cc21. The average molecular weight is 777 g/mol. The fraction of sp³-hybridized carbons (Fsp3) is 0.0508. The number of rotatable bonds is 6. The minimum Gasteiger partial charge on any atom is -0.310 e. The average Bonchev–Trinajstić information content (AvgIpc) is 3.53. The van der Waals surface area contributed by atoms with Crippen molar-refractivity contribution in [2.75, 3.05) is 9.80 Å². The predicted molar refractivity (Wildman–Crippen MR) is 261 cm³/mol. The molecule has 0 bridgehead atoms. The molecule has 0 atom stereocenters. The fourth-order valence-corrected chi connectivity index (χ4v) is 10.8. The van der Waals surface area contributed by atoms with Gasteiger partial charge >= 0.3 is 0 Å². The summed E-state index contributed by atoms with van der Waals surface area (Å²) >= 11 is 0. The number of fused-ring (bicyclic) bond motifs is 3. The molecule has 0 saturated carbocycles. The predicted octanol–water partition coefficient (Wildman–Crippen LogP) is 16.7. The van der Waals surface area contributed by atoms with Gasteiger partial charge < -0.3 is 9.80 Å². The molecule has 61 heavy (non-hydrogen) atoms. The number of para-hydroxylation sites is 2. The van der Waals surface area contributed by atoms with Crippen LogP contribution in [0, 0.1) is 0 Å². The standard InChI is InChI=1S/C59H40N2/c1-59(2)51-35-45(60(43-15-5-3-6-16-43)53-33-25-41-21-19-37-11-9-13-39-23-29-49(53)57(41)55(37)39)27-31-47(51)48-32-28-46(36-52(48)59)61(44-17-7-4-8-18-44)54-34-26-42-22-20-38-12-10-14-40-24-30-50(54)58(42)56(38)40/h3-36H,1-2H3. The zero-order chi connectivity index (χ0) is 40.4. The van der Waals surface area contributed by atoms with Gasteiger partial charge in [-0.15, -0.1) is 0 Å². The smallest absolute Gasteiger partial charge is 0.0540 e. The van der Waals surface area contributed by atoms with Crippen molar-refractivity contribution < 1.29 is 0 Å². The maximum atomic E-state index is 2.46. The Balaban J connectivity index is 0.971. The molecule has 0 N–H and O–H groups in total. The van der Waals surface area contributed by atoms with Crippen LogP contribution in [-0.4, -0.2) is 0 Å². The monoisotopic (exact) mass is 776 g/mol. The Morgan fingerprint density at radius 1 is 0.295 bits per heavy atom. The van der Waals surface area contributed by atoms with Crippen molar-refractivity contribution in [1.82, 2.24) is 0 Å². The minimum absolute atomic E-state index is 0.257. The van der Waals surface area contributed by atoms with Gasteiger partial charge in [0.2, 0.25) is 0 Å². The van der Waals surface area contributed by atoms with E-state index in [0.717, 1.165) is 22.7 Å². The summed E-state index contributed by atoms with van der Waals surface area (Å²) in [7, 11) is 0. The molecule has 0 aliphatic heterocycles. The minimum atomic E-state index is -0.257. The first kappa shape index (κ1) is 34.2. The number of benzene rings is 12. The van der Waals surface area contributed by atoms with Crippen molar-refractivity contribution in [2.45, 2.75) is 19.3 Å². The van der Waals surface area contributed by atoms with Gasteiger partial charge in [-0.1, -0.05) is 159 Å². The molecular formula is C59H40N2. The highest BCUT2D eigenvalue weighted by molar-refractivity contribution is 6.27. The molecule has 0 heterocycles. The van der Waals surface area contributed by atoms with Crippen molar-refractivity contribution in [3.8, 4) is 11.1 Å². The molecule has 1 aliphatic carbocycles. The Morgan fingerprint density at radius 3 is 1.07 bits per heavy atom. The lowest BCUT2D eigenvalue weighted by Gasteiger charge is -2.30. The fourth-order valence-electron chi connectivity index (χ4n) is 10.8. The molecule has 0 fully saturated rings. The van der Waals surface area contributed by atoms with Crippen molar-refractivity contribution in [3.05, 3.63) is 217 Å². The van der Waals surface area contributed by atoms with Crippen LogP contribution in [-0.2, 0) is 5.41 Å². The molecule has 12 aromatic carbocycles. The molecule has 1 aliphatic rings. The highest BCUT2D eigenvalue weighted by Gasteiger charge is 2.37. The van der Waals surface area contributed by atoms with Crippen molar-refractivity contribution in [3.63, 3.8) is 0 Å². The van der Waals surface area contributed by atoms with Crippen LogP contribution in [0.25, 0.3) is 75.8 Å². The second-order valence-electron chi connectivity index (χ2n) is 17.3. The molecule has 0 unspecified atom stereocenters. The van der Waals surface area contributed by atoms with Crippen LogP contribution in [0.2, 0.25) is 0 Å². The molecule has 0 saturated heterocycles. The summed E-state index contributed by atoms with van der Waals surface area (Å²) < 4.78 is 0. The number of nitrogens with zero attached hydrogens (tertiary/aromatic N) is 2. The third kappa shape index (κ3) is 4.91. The Hall–Kier alpha value is -7.68. The summed E-state index contributed by atoms with van der Waals surface area (Å²) in [6, 6.07) is 76.8. The highest BCUT2D eigenvalue weighted by atomic mass is 15.1. The van der Waals surface area contributed by atoms with Crippen LogP contribution < -0.4 is 9.80 Å². The first-order valence-electron chi connectivity index (χ1n) is 21.3. The molecule has 0 aromatic heterocycles. The van der Waals surface area contributed by atoms with Crippen LogP contribution in [0.3, 0.4) is 0 Å². The van der Waals surface area contributed by atoms with Crippen LogP contribution in [0.15, 0.2) is 206 Å². The topological polar surface area (TPSA) is 6.48 Å². The molecular weight excluding hydrogens is 737 g/mol. The summed E-state index contributed by atoms with van der Waals surface area (Å²) in [6.45, 7) is 4.80. The summed E-state index contributed by atoms with van der Waals surface area (Å²) in [5.41, 5.74) is 12.0. The van der Waals surface area contributed by atoms with Crippen LogP contribution >= 0.6 is 0 Å². The third-order valence-electron chi connectivity index (χ3n) is 13.7. The van der Waals surface area contributed by atoms with E-state index in [1.54, 1.807) is 0 Å². The Bertz CT molecular complexity index is 3400. The van der Waals surface area contributed by atoms with Crippen molar-refractivity contribution in [1.29, 1.82) is 0 Å².